The Morgan fingerprint density at radius 2 is 2.17 bits per heavy atom. The molecule has 3 heterocycles. The average Bonchev–Trinajstić information content (AvgIpc) is 3.23. The van der Waals surface area contributed by atoms with E-state index in [1.165, 1.54) is 0 Å². The highest BCUT2D eigenvalue weighted by atomic mass is 35.5. The molecule has 0 aliphatic carbocycles. The molecule has 0 spiro atoms. The van der Waals surface area contributed by atoms with Gasteiger partial charge in [0.15, 0.2) is 0 Å². The first-order chi connectivity index (χ1) is 14.5. The smallest absolute Gasteiger partial charge is 0.267 e. The van der Waals surface area contributed by atoms with Crippen molar-refractivity contribution in [1.29, 1.82) is 0 Å². The summed E-state index contributed by atoms with van der Waals surface area (Å²) in [6.45, 7) is 5.44. The fourth-order valence-electron chi connectivity index (χ4n) is 3.66. The number of benzene rings is 1. The van der Waals surface area contributed by atoms with Crippen molar-refractivity contribution in [3.8, 4) is 0 Å². The van der Waals surface area contributed by atoms with Gasteiger partial charge in [0.2, 0.25) is 0 Å². The van der Waals surface area contributed by atoms with E-state index in [4.69, 9.17) is 21.3 Å². The largest absolute Gasteiger partial charge is 0.368 e. The van der Waals surface area contributed by atoms with Gasteiger partial charge in [-0.25, -0.2) is 0 Å². The molecule has 0 saturated carbocycles. The van der Waals surface area contributed by atoms with Crippen LogP contribution in [-0.2, 0) is 17.6 Å². The van der Waals surface area contributed by atoms with E-state index in [1.807, 2.05) is 43.0 Å². The average molecular weight is 443 g/mol. The molecule has 0 radical (unpaired) electrons. The molecule has 1 atom stereocenters. The molecule has 1 fully saturated rings. The second-order valence-corrected chi connectivity index (χ2v) is 8.48. The van der Waals surface area contributed by atoms with E-state index in [-0.39, 0.29) is 12.0 Å². The molecular formula is C22H23ClN4O2S. The van der Waals surface area contributed by atoms with Crippen molar-refractivity contribution in [3.05, 3.63) is 74.5 Å². The summed E-state index contributed by atoms with van der Waals surface area (Å²) in [7, 11) is 0. The predicted octanol–water partition coefficient (Wildman–Crippen LogP) is 4.26. The van der Waals surface area contributed by atoms with Crippen LogP contribution in [0.25, 0.3) is 0 Å². The number of amides is 1. The Kier molecular flexibility index (Phi) is 6.41. The lowest BCUT2D eigenvalue weighted by atomic mass is 10.0. The Hall–Kier alpha value is -2.35. The zero-order valence-corrected chi connectivity index (χ0v) is 18.5. The minimum absolute atomic E-state index is 0.0286. The number of ether oxygens (including phenoxy) is 1. The van der Waals surface area contributed by atoms with E-state index < -0.39 is 0 Å². The molecule has 1 aromatic carbocycles. The summed E-state index contributed by atoms with van der Waals surface area (Å²) in [5.41, 5.74) is 4.71. The lowest BCUT2D eigenvalue weighted by Crippen LogP contribution is -2.42. The number of carbonyl (C=O) groups excluding carboxylic acids is 1. The van der Waals surface area contributed by atoms with Crippen molar-refractivity contribution >= 4 is 29.0 Å². The van der Waals surface area contributed by atoms with Crippen molar-refractivity contribution in [2.45, 2.75) is 32.8 Å². The molecule has 1 aliphatic heterocycles. The number of aryl methyl sites for hydroxylation is 2. The van der Waals surface area contributed by atoms with Crippen LogP contribution in [0.2, 0.25) is 5.02 Å². The van der Waals surface area contributed by atoms with Crippen LogP contribution in [0.5, 0.6) is 0 Å². The Bertz CT molecular complexity index is 1060. The molecule has 1 amide bonds. The van der Waals surface area contributed by atoms with Gasteiger partial charge in [0.25, 0.3) is 5.91 Å². The van der Waals surface area contributed by atoms with Crippen LogP contribution in [0.4, 0.5) is 0 Å². The number of carbonyl (C=O) groups is 1. The Labute approximate surface area is 185 Å². The van der Waals surface area contributed by atoms with E-state index in [0.29, 0.717) is 31.0 Å². The van der Waals surface area contributed by atoms with Crippen molar-refractivity contribution in [2.24, 2.45) is 0 Å². The van der Waals surface area contributed by atoms with Gasteiger partial charge in [0, 0.05) is 17.3 Å². The molecule has 0 unspecified atom stereocenters. The molecule has 6 nitrogen and oxygen atoms in total. The summed E-state index contributed by atoms with van der Waals surface area (Å²) in [5, 5.41) is 4.82. The third-order valence-corrected chi connectivity index (χ3v) is 6.28. The zero-order chi connectivity index (χ0) is 21.1. The van der Waals surface area contributed by atoms with Crippen LogP contribution in [-0.4, -0.2) is 45.1 Å². The first-order valence-corrected chi connectivity index (χ1v) is 11.1. The monoisotopic (exact) mass is 442 g/mol. The maximum Gasteiger partial charge on any atom is 0.267 e. The van der Waals surface area contributed by atoms with Gasteiger partial charge in [-0.15, -0.1) is 5.10 Å². The molecule has 0 bridgehead atoms. The van der Waals surface area contributed by atoms with Crippen LogP contribution in [0, 0.1) is 6.92 Å². The van der Waals surface area contributed by atoms with E-state index in [2.05, 4.69) is 21.7 Å². The highest BCUT2D eigenvalue weighted by Gasteiger charge is 2.29. The van der Waals surface area contributed by atoms with Crippen molar-refractivity contribution < 1.29 is 9.53 Å². The van der Waals surface area contributed by atoms with Crippen LogP contribution in [0.3, 0.4) is 0 Å². The van der Waals surface area contributed by atoms with E-state index in [0.717, 1.165) is 51.2 Å². The van der Waals surface area contributed by atoms with E-state index in [1.54, 1.807) is 0 Å². The van der Waals surface area contributed by atoms with Gasteiger partial charge < -0.3 is 9.64 Å². The number of rotatable bonds is 5. The fraction of sp³-hybridized carbons (Fsp3) is 0.364. The fourth-order valence-corrected chi connectivity index (χ4v) is 4.58. The molecule has 8 heteroatoms. The second kappa shape index (κ2) is 9.20. The topological polar surface area (TPSA) is 68.2 Å². The normalized spacial score (nSPS) is 16.6. The number of hydrogen-bond acceptors (Lipinski definition) is 6. The van der Waals surface area contributed by atoms with Gasteiger partial charge in [-0.3, -0.25) is 9.78 Å². The summed E-state index contributed by atoms with van der Waals surface area (Å²) in [4.78, 5) is 20.1. The Balaban J connectivity index is 1.54. The summed E-state index contributed by atoms with van der Waals surface area (Å²) in [5.74, 6) is -0.0286. The molecule has 3 aromatic rings. The van der Waals surface area contributed by atoms with Crippen LogP contribution in [0.1, 0.15) is 50.9 Å². The number of aromatic nitrogens is 3. The van der Waals surface area contributed by atoms with Gasteiger partial charge in [0.1, 0.15) is 11.0 Å². The van der Waals surface area contributed by atoms with Gasteiger partial charge in [-0.05, 0) is 60.6 Å². The standard InChI is InChI=1S/C22H23ClN4O2S/c1-3-18-21(30-26-25-18)22(28)27-8-9-29-20(13-27)19-12-15(10-14(2)24-19)11-16-6-4-5-7-17(16)23/h4-7,10,12,20H,3,8-9,11,13H2,1-2H3/t20-/m0/s1. The van der Waals surface area contributed by atoms with E-state index >= 15 is 0 Å². The summed E-state index contributed by atoms with van der Waals surface area (Å²) in [6.07, 6.45) is 1.15. The van der Waals surface area contributed by atoms with Crippen LogP contribution in [0.15, 0.2) is 36.4 Å². The highest BCUT2D eigenvalue weighted by molar-refractivity contribution is 7.08. The van der Waals surface area contributed by atoms with Gasteiger partial charge >= 0.3 is 0 Å². The Morgan fingerprint density at radius 1 is 1.33 bits per heavy atom. The lowest BCUT2D eigenvalue weighted by molar-refractivity contribution is -0.0246. The molecule has 1 aliphatic rings. The highest BCUT2D eigenvalue weighted by Crippen LogP contribution is 2.26. The minimum Gasteiger partial charge on any atom is -0.368 e. The zero-order valence-electron chi connectivity index (χ0n) is 17.0. The first-order valence-electron chi connectivity index (χ1n) is 9.98. The van der Waals surface area contributed by atoms with Crippen LogP contribution >= 0.6 is 23.1 Å². The number of nitrogens with zero attached hydrogens (tertiary/aromatic N) is 4. The number of halogens is 1. The molecular weight excluding hydrogens is 420 g/mol. The van der Waals surface area contributed by atoms with Gasteiger partial charge in [-0.2, -0.15) is 0 Å². The summed E-state index contributed by atoms with van der Waals surface area (Å²) in [6, 6.07) is 12.0. The SMILES string of the molecule is CCc1nnsc1C(=O)N1CCO[C@H](c2cc(Cc3ccccc3Cl)cc(C)n2)C1. The lowest BCUT2D eigenvalue weighted by Gasteiger charge is -2.32. The number of morpholine rings is 1. The molecule has 1 saturated heterocycles. The second-order valence-electron chi connectivity index (χ2n) is 7.32. The number of hydrogen-bond donors (Lipinski definition) is 0. The summed E-state index contributed by atoms with van der Waals surface area (Å²) >= 11 is 7.50. The molecule has 30 heavy (non-hydrogen) atoms. The maximum absolute atomic E-state index is 13.0. The summed E-state index contributed by atoms with van der Waals surface area (Å²) < 4.78 is 9.94. The van der Waals surface area contributed by atoms with Crippen molar-refractivity contribution in [1.82, 2.24) is 19.5 Å². The van der Waals surface area contributed by atoms with Crippen molar-refractivity contribution in [2.75, 3.05) is 19.7 Å². The molecule has 156 valence electrons. The minimum atomic E-state index is -0.265. The van der Waals surface area contributed by atoms with Gasteiger partial charge in [0.05, 0.1) is 24.5 Å². The quantitative estimate of drug-likeness (QED) is 0.590. The van der Waals surface area contributed by atoms with Crippen molar-refractivity contribution in [3.63, 3.8) is 0 Å². The Morgan fingerprint density at radius 3 is 2.97 bits per heavy atom. The molecule has 2 aromatic heterocycles. The van der Waals surface area contributed by atoms with Gasteiger partial charge in [-0.1, -0.05) is 41.2 Å². The molecule has 0 N–H and O–H groups in total. The maximum atomic E-state index is 13.0. The third kappa shape index (κ3) is 4.53. The third-order valence-electron chi connectivity index (χ3n) is 5.15. The van der Waals surface area contributed by atoms with Crippen LogP contribution < -0.4 is 0 Å². The molecule has 4 rings (SSSR count). The predicted molar refractivity (Wildman–Crippen MR) is 117 cm³/mol. The first kappa shape index (κ1) is 20.9. The number of pyridine rings is 1. The van der Waals surface area contributed by atoms with E-state index in [9.17, 15) is 4.79 Å².